The summed E-state index contributed by atoms with van der Waals surface area (Å²) < 4.78 is 27.0. The van der Waals surface area contributed by atoms with E-state index in [2.05, 4.69) is 0 Å². The molecule has 1 aliphatic heterocycles. The summed E-state index contributed by atoms with van der Waals surface area (Å²) >= 11 is 0. The van der Waals surface area contributed by atoms with Crippen molar-refractivity contribution in [3.8, 4) is 0 Å². The molecule has 1 fully saturated rings. The maximum absolute atomic E-state index is 14.7. The summed E-state index contributed by atoms with van der Waals surface area (Å²) in [5, 5.41) is 23.7. The fraction of sp³-hybridized carbons (Fsp3) is 0.359. The highest BCUT2D eigenvalue weighted by Gasteiger charge is 2.46. The van der Waals surface area contributed by atoms with Crippen LogP contribution in [0.4, 0.5) is 13.6 Å². The molecule has 2 unspecified atom stereocenters. The molecule has 4 aromatic carbocycles. The third-order valence-corrected chi connectivity index (χ3v) is 9.43. The second-order valence-corrected chi connectivity index (χ2v) is 12.8. The average Bonchev–Trinajstić information content (AvgIpc) is 3.16. The lowest BCUT2D eigenvalue weighted by Crippen LogP contribution is -2.51. The monoisotopic (exact) mass is 656 g/mol. The van der Waals surface area contributed by atoms with Crippen LogP contribution >= 0.6 is 0 Å². The van der Waals surface area contributed by atoms with Crippen LogP contribution in [0.5, 0.6) is 0 Å². The normalized spacial score (nSPS) is 21.2. The Labute approximate surface area is 281 Å². The molecule has 0 saturated carbocycles. The van der Waals surface area contributed by atoms with Gasteiger partial charge in [-0.3, -0.25) is 0 Å². The Morgan fingerprint density at radius 1 is 0.583 bits per heavy atom. The van der Waals surface area contributed by atoms with Crippen LogP contribution in [-0.2, 0) is 12.8 Å². The van der Waals surface area contributed by atoms with Gasteiger partial charge in [0.25, 0.3) is 0 Å². The van der Waals surface area contributed by atoms with Crippen LogP contribution in [0.3, 0.4) is 0 Å². The lowest BCUT2D eigenvalue weighted by Gasteiger charge is -2.36. The van der Waals surface area contributed by atoms with Crippen LogP contribution < -0.4 is 11.5 Å². The molecule has 1 aliphatic rings. The summed E-state index contributed by atoms with van der Waals surface area (Å²) in [6.07, 6.45) is 0.404. The molecule has 1 saturated heterocycles. The molecular formula is C39H46F2N4O3. The molecule has 0 radical (unpaired) electrons. The minimum Gasteiger partial charge on any atom is -0.388 e. The molecule has 0 bridgehead atoms. The number of rotatable bonds is 14. The van der Waals surface area contributed by atoms with E-state index in [1.165, 1.54) is 24.3 Å². The molecule has 2 amide bonds. The van der Waals surface area contributed by atoms with E-state index in [4.69, 9.17) is 11.5 Å². The van der Waals surface area contributed by atoms with Crippen LogP contribution in [0, 0.1) is 11.6 Å². The number of aliphatic hydroxyl groups excluding tert-OH is 2. The summed E-state index contributed by atoms with van der Waals surface area (Å²) in [6.45, 7) is 0.608. The first kappa shape index (κ1) is 35.2. The van der Waals surface area contributed by atoms with Crippen molar-refractivity contribution in [2.24, 2.45) is 11.5 Å². The zero-order chi connectivity index (χ0) is 34.0. The Bertz CT molecular complexity index is 1440. The highest BCUT2D eigenvalue weighted by atomic mass is 19.1. The van der Waals surface area contributed by atoms with E-state index in [9.17, 15) is 23.8 Å². The van der Waals surface area contributed by atoms with Crippen LogP contribution in [0.15, 0.2) is 109 Å². The SMILES string of the molecule is NC(CCCN1C(=O)N(CCCC(N)c2ccc(F)cc2)[C@H](Cc2ccccc2)[C@H](O)[C@@H](O)[C@H]1Cc1ccccc1)c1ccc(F)cc1. The van der Waals surface area contributed by atoms with Crippen LogP contribution in [0.2, 0.25) is 0 Å². The smallest absolute Gasteiger partial charge is 0.320 e. The highest BCUT2D eigenvalue weighted by Crippen LogP contribution is 2.29. The maximum Gasteiger partial charge on any atom is 0.320 e. The number of hydrogen-bond acceptors (Lipinski definition) is 5. The third kappa shape index (κ3) is 9.05. The minimum absolute atomic E-state index is 0.266. The largest absolute Gasteiger partial charge is 0.388 e. The van der Waals surface area contributed by atoms with Crippen molar-refractivity contribution in [3.05, 3.63) is 143 Å². The number of nitrogens with two attached hydrogens (primary N) is 2. The molecule has 48 heavy (non-hydrogen) atoms. The Morgan fingerprint density at radius 2 is 0.938 bits per heavy atom. The predicted molar refractivity (Wildman–Crippen MR) is 184 cm³/mol. The number of halogens is 2. The van der Waals surface area contributed by atoms with Crippen LogP contribution in [0.25, 0.3) is 0 Å². The van der Waals surface area contributed by atoms with Crippen molar-refractivity contribution in [3.63, 3.8) is 0 Å². The quantitative estimate of drug-likeness (QED) is 0.135. The molecule has 9 heteroatoms. The summed E-state index contributed by atoms with van der Waals surface area (Å²) in [6, 6.07) is 29.1. The number of nitrogens with zero attached hydrogens (tertiary/aromatic N) is 2. The van der Waals surface area contributed by atoms with Crippen LogP contribution in [0.1, 0.15) is 60.0 Å². The first-order chi connectivity index (χ1) is 23.2. The molecule has 4 aromatic rings. The fourth-order valence-electron chi connectivity index (χ4n) is 6.68. The summed E-state index contributed by atoms with van der Waals surface area (Å²) in [4.78, 5) is 18.1. The van der Waals surface area contributed by atoms with Gasteiger partial charge in [-0.1, -0.05) is 84.9 Å². The fourth-order valence-corrected chi connectivity index (χ4v) is 6.68. The van der Waals surface area contributed by atoms with Gasteiger partial charge in [-0.15, -0.1) is 0 Å². The Morgan fingerprint density at radius 3 is 1.29 bits per heavy atom. The molecule has 5 rings (SSSR count). The molecule has 6 atom stereocenters. The number of urea groups is 1. The van der Waals surface area contributed by atoms with Crippen molar-refractivity contribution in [1.29, 1.82) is 0 Å². The van der Waals surface area contributed by atoms with E-state index < -0.39 is 24.3 Å². The summed E-state index contributed by atoms with van der Waals surface area (Å²) in [5.74, 6) is -0.664. The first-order valence-corrected chi connectivity index (χ1v) is 16.7. The lowest BCUT2D eigenvalue weighted by atomic mass is 9.91. The Kier molecular flexibility index (Phi) is 12.3. The van der Waals surface area contributed by atoms with Gasteiger partial charge in [-0.25, -0.2) is 13.6 Å². The van der Waals surface area contributed by atoms with Gasteiger partial charge in [0, 0.05) is 25.2 Å². The minimum atomic E-state index is -1.22. The zero-order valence-electron chi connectivity index (χ0n) is 27.1. The lowest BCUT2D eigenvalue weighted by molar-refractivity contribution is -0.0397. The third-order valence-electron chi connectivity index (χ3n) is 9.43. The maximum atomic E-state index is 14.7. The second kappa shape index (κ2) is 16.8. The van der Waals surface area contributed by atoms with Gasteiger partial charge in [0.05, 0.1) is 12.1 Å². The number of carbonyl (C=O) groups excluding carboxylic acids is 1. The molecule has 7 nitrogen and oxygen atoms in total. The number of benzene rings is 4. The van der Waals surface area contributed by atoms with Crippen molar-refractivity contribution in [1.82, 2.24) is 9.80 Å². The molecule has 0 aromatic heterocycles. The van der Waals surface area contributed by atoms with E-state index in [-0.39, 0.29) is 29.7 Å². The van der Waals surface area contributed by atoms with Crippen molar-refractivity contribution in [2.45, 2.75) is 74.9 Å². The van der Waals surface area contributed by atoms with Crippen LogP contribution in [-0.4, -0.2) is 63.4 Å². The van der Waals surface area contributed by atoms with Gasteiger partial charge < -0.3 is 31.5 Å². The number of carbonyl (C=O) groups is 1. The van der Waals surface area contributed by atoms with E-state index in [0.717, 1.165) is 22.3 Å². The number of aliphatic hydroxyl groups is 2. The highest BCUT2D eigenvalue weighted by molar-refractivity contribution is 5.76. The van der Waals surface area contributed by atoms with Gasteiger partial charge >= 0.3 is 6.03 Å². The second-order valence-electron chi connectivity index (χ2n) is 12.8. The molecule has 6 N–H and O–H groups in total. The summed E-state index contributed by atoms with van der Waals surface area (Å²) in [5.41, 5.74) is 16.4. The molecule has 1 heterocycles. The van der Waals surface area contributed by atoms with E-state index in [1.54, 1.807) is 34.1 Å². The van der Waals surface area contributed by atoms with Gasteiger partial charge in [0.15, 0.2) is 0 Å². The average molecular weight is 657 g/mol. The summed E-state index contributed by atoms with van der Waals surface area (Å²) in [7, 11) is 0. The molecule has 0 spiro atoms. The van der Waals surface area contributed by atoms with E-state index in [1.807, 2.05) is 60.7 Å². The standard InChI is InChI=1S/C39H46F2N4O3/c40-31-19-15-29(16-20-31)33(42)13-7-23-44-35(25-27-9-3-1-4-10-27)37(46)38(47)36(26-28-11-5-2-6-12-28)45(39(44)48)24-8-14-34(43)30-17-21-32(41)22-18-30/h1-6,9-12,15-22,33-38,46-47H,7-8,13-14,23-26,42-43H2/t33?,34?,35-,36-,37+,38+/m1/s1. The zero-order valence-corrected chi connectivity index (χ0v) is 27.1. The molecule has 254 valence electrons. The van der Waals surface area contributed by atoms with Gasteiger partial charge in [0.2, 0.25) is 0 Å². The molecule has 0 aliphatic carbocycles. The predicted octanol–water partition coefficient (Wildman–Crippen LogP) is 5.91. The number of amides is 2. The molecular weight excluding hydrogens is 610 g/mol. The van der Waals surface area contributed by atoms with E-state index in [0.29, 0.717) is 51.6 Å². The van der Waals surface area contributed by atoms with Gasteiger partial charge in [-0.2, -0.15) is 0 Å². The topological polar surface area (TPSA) is 116 Å². The van der Waals surface area contributed by atoms with Crippen molar-refractivity contribution >= 4 is 6.03 Å². The number of hydrogen-bond donors (Lipinski definition) is 4. The van der Waals surface area contributed by atoms with Gasteiger partial charge in [-0.05, 0) is 85.0 Å². The van der Waals surface area contributed by atoms with Gasteiger partial charge in [0.1, 0.15) is 23.8 Å². The Balaban J connectivity index is 1.41. The Hall–Kier alpha value is -4.15. The van der Waals surface area contributed by atoms with Crippen molar-refractivity contribution in [2.75, 3.05) is 13.1 Å². The first-order valence-electron chi connectivity index (χ1n) is 16.7. The van der Waals surface area contributed by atoms with Crippen molar-refractivity contribution < 1.29 is 23.8 Å². The van der Waals surface area contributed by atoms with E-state index >= 15 is 0 Å².